The van der Waals surface area contributed by atoms with Crippen molar-refractivity contribution in [3.63, 3.8) is 0 Å². The first-order valence-electron chi connectivity index (χ1n) is 7.10. The van der Waals surface area contributed by atoms with E-state index in [1.54, 1.807) is 0 Å². The maximum absolute atomic E-state index is 9.51. The predicted octanol–water partition coefficient (Wildman–Crippen LogP) is 2.56. The average molecular weight is 280 g/mol. The van der Waals surface area contributed by atoms with Crippen LogP contribution in [0.2, 0.25) is 0 Å². The van der Waals surface area contributed by atoms with Gasteiger partial charge in [0.05, 0.1) is 18.2 Å². The molecule has 0 aliphatic carbocycles. The third kappa shape index (κ3) is 4.42. The molecule has 0 radical (unpaired) electrons. The van der Waals surface area contributed by atoms with Crippen molar-refractivity contribution in [3.8, 4) is 6.07 Å². The van der Waals surface area contributed by atoms with Gasteiger partial charge in [-0.05, 0) is 42.2 Å². The average Bonchev–Trinajstić information content (AvgIpc) is 2.53. The Kier molecular flexibility index (Phi) is 5.51. The van der Waals surface area contributed by atoms with E-state index in [-0.39, 0.29) is 12.6 Å². The maximum atomic E-state index is 9.51. The number of hydrogen-bond donors (Lipinski definition) is 2. The maximum Gasteiger partial charge on any atom is 0.0991 e. The first-order chi connectivity index (χ1) is 10.2. The zero-order valence-electron chi connectivity index (χ0n) is 12.2. The van der Waals surface area contributed by atoms with Crippen molar-refractivity contribution in [2.24, 2.45) is 0 Å². The van der Waals surface area contributed by atoms with Crippen molar-refractivity contribution >= 4 is 0 Å². The predicted molar refractivity (Wildman–Crippen MR) is 83.8 cm³/mol. The Morgan fingerprint density at radius 3 is 2.57 bits per heavy atom. The zero-order chi connectivity index (χ0) is 15.1. The quantitative estimate of drug-likeness (QED) is 0.855. The molecule has 108 valence electrons. The molecule has 0 heterocycles. The van der Waals surface area contributed by atoms with E-state index < -0.39 is 0 Å². The molecule has 0 aliphatic rings. The van der Waals surface area contributed by atoms with Gasteiger partial charge in [0.1, 0.15) is 0 Å². The topological polar surface area (TPSA) is 56.0 Å². The summed E-state index contributed by atoms with van der Waals surface area (Å²) in [4.78, 5) is 0. The van der Waals surface area contributed by atoms with Crippen LogP contribution in [-0.2, 0) is 13.0 Å². The number of aryl methyl sites for hydroxylation is 1. The molecule has 2 aromatic carbocycles. The number of nitrogens with one attached hydrogen (secondary N) is 1. The molecule has 2 rings (SSSR count). The second kappa shape index (κ2) is 7.58. The minimum atomic E-state index is 0.0300. The smallest absolute Gasteiger partial charge is 0.0991 e. The van der Waals surface area contributed by atoms with Gasteiger partial charge in [0, 0.05) is 12.6 Å². The molecule has 0 saturated carbocycles. The molecule has 0 saturated heterocycles. The lowest BCUT2D eigenvalue weighted by Gasteiger charge is -2.17. The van der Waals surface area contributed by atoms with Gasteiger partial charge < -0.3 is 10.4 Å². The van der Waals surface area contributed by atoms with Crippen molar-refractivity contribution in [2.75, 3.05) is 6.61 Å². The van der Waals surface area contributed by atoms with Gasteiger partial charge in [-0.1, -0.05) is 36.4 Å². The van der Waals surface area contributed by atoms with E-state index in [9.17, 15) is 5.11 Å². The molecular formula is C18H20N2O. The summed E-state index contributed by atoms with van der Waals surface area (Å²) in [5.41, 5.74) is 4.14. The van der Waals surface area contributed by atoms with Crippen molar-refractivity contribution in [1.29, 1.82) is 5.26 Å². The van der Waals surface area contributed by atoms with E-state index in [0.717, 1.165) is 17.5 Å². The Balaban J connectivity index is 1.96. The molecule has 0 amide bonds. The summed E-state index contributed by atoms with van der Waals surface area (Å²) < 4.78 is 0. The molecule has 1 unspecified atom stereocenters. The van der Waals surface area contributed by atoms with Crippen molar-refractivity contribution in [3.05, 3.63) is 70.8 Å². The van der Waals surface area contributed by atoms with E-state index in [2.05, 4.69) is 23.5 Å². The first kappa shape index (κ1) is 15.2. The van der Waals surface area contributed by atoms with Crippen LogP contribution in [0, 0.1) is 18.3 Å². The standard InChI is InChI=1S/C18H20N2O/c1-14-9-16(11-19)7-8-17(14)12-20-18(13-21)10-15-5-3-2-4-6-15/h2-9,18,20-21H,10,12-13H2,1H3. The Labute approximate surface area is 125 Å². The van der Waals surface area contributed by atoms with Crippen LogP contribution >= 0.6 is 0 Å². The summed E-state index contributed by atoms with van der Waals surface area (Å²) in [6, 6.07) is 18.0. The van der Waals surface area contributed by atoms with Gasteiger partial charge in [-0.25, -0.2) is 0 Å². The molecule has 3 nitrogen and oxygen atoms in total. The van der Waals surface area contributed by atoms with E-state index in [0.29, 0.717) is 12.1 Å². The molecule has 3 heteroatoms. The van der Waals surface area contributed by atoms with Gasteiger partial charge in [-0.2, -0.15) is 5.26 Å². The fraction of sp³-hybridized carbons (Fsp3) is 0.278. The van der Waals surface area contributed by atoms with E-state index in [4.69, 9.17) is 5.26 Å². The van der Waals surface area contributed by atoms with Crippen LogP contribution in [0.5, 0.6) is 0 Å². The summed E-state index contributed by atoms with van der Waals surface area (Å²) >= 11 is 0. The number of hydrogen-bond acceptors (Lipinski definition) is 3. The first-order valence-corrected chi connectivity index (χ1v) is 7.10. The number of aliphatic hydroxyl groups is 1. The molecule has 0 bridgehead atoms. The van der Waals surface area contributed by atoms with E-state index in [1.165, 1.54) is 5.56 Å². The number of aliphatic hydroxyl groups excluding tert-OH is 1. The lowest BCUT2D eigenvalue weighted by atomic mass is 10.0. The molecule has 2 aromatic rings. The van der Waals surface area contributed by atoms with Gasteiger partial charge in [-0.15, -0.1) is 0 Å². The highest BCUT2D eigenvalue weighted by Crippen LogP contribution is 2.11. The van der Waals surface area contributed by atoms with Gasteiger partial charge in [0.2, 0.25) is 0 Å². The Hall–Kier alpha value is -2.15. The SMILES string of the molecule is Cc1cc(C#N)ccc1CNC(CO)Cc1ccccc1. The Bertz CT molecular complexity index is 617. The van der Waals surface area contributed by atoms with Crippen LogP contribution in [0.25, 0.3) is 0 Å². The number of rotatable bonds is 6. The fourth-order valence-electron chi connectivity index (χ4n) is 2.32. The molecule has 0 aromatic heterocycles. The summed E-state index contributed by atoms with van der Waals surface area (Å²) in [7, 11) is 0. The summed E-state index contributed by atoms with van der Waals surface area (Å²) in [5.74, 6) is 0. The second-order valence-electron chi connectivity index (χ2n) is 5.20. The summed E-state index contributed by atoms with van der Waals surface area (Å²) in [6.07, 6.45) is 0.798. The normalized spacial score (nSPS) is 11.9. The second-order valence-corrected chi connectivity index (χ2v) is 5.20. The number of benzene rings is 2. The number of nitriles is 1. The molecule has 1 atom stereocenters. The van der Waals surface area contributed by atoms with Gasteiger partial charge >= 0.3 is 0 Å². The summed E-state index contributed by atoms with van der Waals surface area (Å²) in [5, 5.41) is 21.8. The van der Waals surface area contributed by atoms with Crippen LogP contribution in [0.3, 0.4) is 0 Å². The van der Waals surface area contributed by atoms with Crippen LogP contribution in [0.1, 0.15) is 22.3 Å². The minimum Gasteiger partial charge on any atom is -0.395 e. The molecule has 2 N–H and O–H groups in total. The van der Waals surface area contributed by atoms with Crippen LogP contribution in [0.4, 0.5) is 0 Å². The minimum absolute atomic E-state index is 0.0300. The van der Waals surface area contributed by atoms with E-state index >= 15 is 0 Å². The Morgan fingerprint density at radius 1 is 1.19 bits per heavy atom. The summed E-state index contributed by atoms with van der Waals surface area (Å²) in [6.45, 7) is 2.79. The third-order valence-corrected chi connectivity index (χ3v) is 3.60. The third-order valence-electron chi connectivity index (χ3n) is 3.60. The highest BCUT2D eigenvalue weighted by molar-refractivity contribution is 5.37. The lowest BCUT2D eigenvalue weighted by Crippen LogP contribution is -2.34. The van der Waals surface area contributed by atoms with Crippen LogP contribution in [-0.4, -0.2) is 17.8 Å². The Morgan fingerprint density at radius 2 is 1.95 bits per heavy atom. The van der Waals surface area contributed by atoms with Crippen molar-refractivity contribution in [1.82, 2.24) is 5.32 Å². The fourth-order valence-corrected chi connectivity index (χ4v) is 2.32. The molecular weight excluding hydrogens is 260 g/mol. The molecule has 0 spiro atoms. The van der Waals surface area contributed by atoms with Crippen LogP contribution in [0.15, 0.2) is 48.5 Å². The van der Waals surface area contributed by atoms with Gasteiger partial charge in [0.15, 0.2) is 0 Å². The zero-order valence-corrected chi connectivity index (χ0v) is 12.2. The van der Waals surface area contributed by atoms with Crippen LogP contribution < -0.4 is 5.32 Å². The molecule has 0 aliphatic heterocycles. The van der Waals surface area contributed by atoms with Crippen molar-refractivity contribution in [2.45, 2.75) is 25.9 Å². The van der Waals surface area contributed by atoms with Gasteiger partial charge in [-0.3, -0.25) is 0 Å². The van der Waals surface area contributed by atoms with Gasteiger partial charge in [0.25, 0.3) is 0 Å². The largest absolute Gasteiger partial charge is 0.395 e. The lowest BCUT2D eigenvalue weighted by molar-refractivity contribution is 0.240. The molecule has 0 fully saturated rings. The monoisotopic (exact) mass is 280 g/mol. The van der Waals surface area contributed by atoms with E-state index in [1.807, 2.05) is 43.3 Å². The molecule has 21 heavy (non-hydrogen) atoms. The number of nitrogens with zero attached hydrogens (tertiary/aromatic N) is 1. The van der Waals surface area contributed by atoms with Crippen molar-refractivity contribution < 1.29 is 5.11 Å². The highest BCUT2D eigenvalue weighted by Gasteiger charge is 2.09. The highest BCUT2D eigenvalue weighted by atomic mass is 16.3.